The number of nitrogens with one attached hydrogen (secondary N) is 1. The summed E-state index contributed by atoms with van der Waals surface area (Å²) in [6.45, 7) is 6.79. The van der Waals surface area contributed by atoms with E-state index in [9.17, 15) is 0 Å². The summed E-state index contributed by atoms with van der Waals surface area (Å²) in [4.78, 5) is 0. The molecule has 0 aliphatic carbocycles. The van der Waals surface area contributed by atoms with Crippen LogP contribution in [0, 0.1) is 0 Å². The molecule has 1 aromatic heterocycles. The van der Waals surface area contributed by atoms with Crippen molar-refractivity contribution in [2.45, 2.75) is 39.3 Å². The Morgan fingerprint density at radius 3 is 2.72 bits per heavy atom. The fourth-order valence-electron chi connectivity index (χ4n) is 2.03. The fourth-order valence-corrected chi connectivity index (χ4v) is 2.03. The van der Waals surface area contributed by atoms with Gasteiger partial charge in [0.05, 0.1) is 25.0 Å². The smallest absolute Gasteiger partial charge is 0.161 e. The molecule has 0 radical (unpaired) electrons. The number of nitrogens with zero attached hydrogens (tertiary/aromatic N) is 2. The van der Waals surface area contributed by atoms with E-state index in [1.807, 2.05) is 4.68 Å². The average Bonchev–Trinajstić information content (AvgIpc) is 2.82. The Morgan fingerprint density at radius 2 is 2.17 bits per heavy atom. The Bertz CT molecular complexity index is 309. The molecule has 1 rings (SSSR count). The number of aryl methyl sites for hydroxylation is 1. The second-order valence-corrected chi connectivity index (χ2v) is 4.20. The van der Waals surface area contributed by atoms with Crippen LogP contribution in [0.2, 0.25) is 0 Å². The van der Waals surface area contributed by atoms with Gasteiger partial charge in [-0.2, -0.15) is 5.10 Å². The van der Waals surface area contributed by atoms with Crippen molar-refractivity contribution in [1.29, 1.82) is 0 Å². The molecule has 18 heavy (non-hydrogen) atoms. The standard InChI is InChI=1S/C13H25N3O2/c1-5-8-14-11(7-9-17-3)13-12(18-4)10-15-16(13)6-2/h10-11,14H,5-9H2,1-4H3. The second kappa shape index (κ2) is 8.11. The Hall–Kier alpha value is -1.07. The monoisotopic (exact) mass is 255 g/mol. The summed E-state index contributed by atoms with van der Waals surface area (Å²) in [7, 11) is 3.42. The van der Waals surface area contributed by atoms with Gasteiger partial charge in [0.1, 0.15) is 0 Å². The molecule has 0 aromatic carbocycles. The summed E-state index contributed by atoms with van der Waals surface area (Å²) in [6.07, 6.45) is 3.80. The molecule has 0 saturated heterocycles. The minimum absolute atomic E-state index is 0.224. The van der Waals surface area contributed by atoms with Crippen LogP contribution in [-0.2, 0) is 11.3 Å². The minimum Gasteiger partial charge on any atom is -0.493 e. The molecule has 1 aromatic rings. The normalized spacial score (nSPS) is 12.7. The Morgan fingerprint density at radius 1 is 1.39 bits per heavy atom. The van der Waals surface area contributed by atoms with Crippen LogP contribution in [0.4, 0.5) is 0 Å². The predicted molar refractivity (Wildman–Crippen MR) is 72.0 cm³/mol. The highest BCUT2D eigenvalue weighted by Crippen LogP contribution is 2.27. The topological polar surface area (TPSA) is 48.3 Å². The van der Waals surface area contributed by atoms with Crippen molar-refractivity contribution < 1.29 is 9.47 Å². The lowest BCUT2D eigenvalue weighted by Crippen LogP contribution is -2.26. The van der Waals surface area contributed by atoms with E-state index in [1.165, 1.54) is 0 Å². The summed E-state index contributed by atoms with van der Waals surface area (Å²) in [5.41, 5.74) is 1.12. The Kier molecular flexibility index (Phi) is 6.75. The number of hydrogen-bond donors (Lipinski definition) is 1. The first-order valence-electron chi connectivity index (χ1n) is 6.60. The van der Waals surface area contributed by atoms with Gasteiger partial charge in [-0.25, -0.2) is 0 Å². The van der Waals surface area contributed by atoms with Gasteiger partial charge in [-0.15, -0.1) is 0 Å². The first-order chi connectivity index (χ1) is 8.78. The van der Waals surface area contributed by atoms with Crippen molar-refractivity contribution >= 4 is 0 Å². The quantitative estimate of drug-likeness (QED) is 0.733. The third kappa shape index (κ3) is 3.71. The van der Waals surface area contributed by atoms with Crippen LogP contribution in [0.15, 0.2) is 6.20 Å². The SMILES string of the molecule is CCCNC(CCOC)c1c(OC)cnn1CC. The maximum Gasteiger partial charge on any atom is 0.161 e. The van der Waals surface area contributed by atoms with Gasteiger partial charge >= 0.3 is 0 Å². The van der Waals surface area contributed by atoms with E-state index < -0.39 is 0 Å². The lowest BCUT2D eigenvalue weighted by molar-refractivity contribution is 0.180. The zero-order valence-corrected chi connectivity index (χ0v) is 11.9. The van der Waals surface area contributed by atoms with Crippen molar-refractivity contribution in [2.75, 3.05) is 27.4 Å². The molecule has 5 nitrogen and oxygen atoms in total. The van der Waals surface area contributed by atoms with E-state index in [0.29, 0.717) is 0 Å². The molecule has 0 spiro atoms. The highest BCUT2D eigenvalue weighted by molar-refractivity contribution is 5.28. The first kappa shape index (κ1) is 15.0. The molecule has 0 saturated carbocycles. The van der Waals surface area contributed by atoms with Crippen LogP contribution >= 0.6 is 0 Å². The maximum absolute atomic E-state index is 5.40. The average molecular weight is 255 g/mol. The van der Waals surface area contributed by atoms with Gasteiger partial charge < -0.3 is 14.8 Å². The lowest BCUT2D eigenvalue weighted by atomic mass is 10.1. The van der Waals surface area contributed by atoms with E-state index in [4.69, 9.17) is 9.47 Å². The van der Waals surface area contributed by atoms with Crippen LogP contribution in [0.5, 0.6) is 5.75 Å². The number of rotatable bonds is 9. The van der Waals surface area contributed by atoms with Crippen LogP contribution in [-0.4, -0.2) is 37.2 Å². The molecule has 1 atom stereocenters. The molecule has 5 heteroatoms. The van der Waals surface area contributed by atoms with Gasteiger partial charge in [0.2, 0.25) is 0 Å². The minimum atomic E-state index is 0.224. The summed E-state index contributed by atoms with van der Waals surface area (Å²) in [5, 5.41) is 7.89. The van der Waals surface area contributed by atoms with E-state index in [-0.39, 0.29) is 6.04 Å². The van der Waals surface area contributed by atoms with Gasteiger partial charge in [-0.3, -0.25) is 4.68 Å². The molecule has 104 valence electrons. The second-order valence-electron chi connectivity index (χ2n) is 4.20. The lowest BCUT2D eigenvalue weighted by Gasteiger charge is -2.20. The largest absolute Gasteiger partial charge is 0.493 e. The van der Waals surface area contributed by atoms with Crippen molar-refractivity contribution in [1.82, 2.24) is 15.1 Å². The summed E-state index contributed by atoms with van der Waals surface area (Å²) in [6, 6.07) is 0.224. The maximum atomic E-state index is 5.40. The predicted octanol–water partition coefficient (Wildman–Crippen LogP) is 1.99. The molecule has 1 unspecified atom stereocenters. The van der Waals surface area contributed by atoms with Crippen molar-refractivity contribution in [2.24, 2.45) is 0 Å². The molecule has 0 aliphatic rings. The van der Waals surface area contributed by atoms with Gasteiger partial charge in [-0.1, -0.05) is 6.92 Å². The van der Waals surface area contributed by atoms with E-state index in [0.717, 1.165) is 44.0 Å². The molecule has 0 aliphatic heterocycles. The summed E-state index contributed by atoms with van der Waals surface area (Å²) >= 11 is 0. The van der Waals surface area contributed by atoms with Crippen LogP contribution in [0.1, 0.15) is 38.4 Å². The zero-order valence-electron chi connectivity index (χ0n) is 11.9. The number of methoxy groups -OCH3 is 2. The molecule has 0 bridgehead atoms. The van der Waals surface area contributed by atoms with Gasteiger partial charge in [-0.05, 0) is 26.3 Å². The van der Waals surface area contributed by atoms with Gasteiger partial charge in [0.25, 0.3) is 0 Å². The molecular weight excluding hydrogens is 230 g/mol. The number of aromatic nitrogens is 2. The Balaban J connectivity index is 2.90. The highest BCUT2D eigenvalue weighted by atomic mass is 16.5. The van der Waals surface area contributed by atoms with E-state index in [2.05, 4.69) is 24.3 Å². The third-order valence-corrected chi connectivity index (χ3v) is 2.95. The third-order valence-electron chi connectivity index (χ3n) is 2.95. The van der Waals surface area contributed by atoms with Crippen molar-refractivity contribution in [3.63, 3.8) is 0 Å². The number of hydrogen-bond acceptors (Lipinski definition) is 4. The fraction of sp³-hybridized carbons (Fsp3) is 0.769. The van der Waals surface area contributed by atoms with Gasteiger partial charge in [0, 0.05) is 20.3 Å². The first-order valence-corrected chi connectivity index (χ1v) is 6.60. The van der Waals surface area contributed by atoms with Gasteiger partial charge in [0.15, 0.2) is 5.75 Å². The van der Waals surface area contributed by atoms with E-state index >= 15 is 0 Å². The molecule has 1 heterocycles. The highest BCUT2D eigenvalue weighted by Gasteiger charge is 2.20. The summed E-state index contributed by atoms with van der Waals surface area (Å²) < 4.78 is 12.6. The molecule has 1 N–H and O–H groups in total. The van der Waals surface area contributed by atoms with Crippen LogP contribution in [0.3, 0.4) is 0 Å². The molecular formula is C13H25N3O2. The zero-order chi connectivity index (χ0) is 13.4. The Labute approximate surface area is 109 Å². The molecule has 0 fully saturated rings. The van der Waals surface area contributed by atoms with E-state index in [1.54, 1.807) is 20.4 Å². The van der Waals surface area contributed by atoms with Crippen LogP contribution < -0.4 is 10.1 Å². The van der Waals surface area contributed by atoms with Crippen LogP contribution in [0.25, 0.3) is 0 Å². The van der Waals surface area contributed by atoms with Crippen molar-refractivity contribution in [3.8, 4) is 5.75 Å². The summed E-state index contributed by atoms with van der Waals surface area (Å²) in [5.74, 6) is 0.849. The molecule has 0 amide bonds. The van der Waals surface area contributed by atoms with Crippen molar-refractivity contribution in [3.05, 3.63) is 11.9 Å². The number of ether oxygens (including phenoxy) is 2.